The molecule has 2 rings (SSSR count). The van der Waals surface area contributed by atoms with Gasteiger partial charge < -0.3 is 9.47 Å². The SMILES string of the molecule is CCC(=O)c1cc(O[C@H]2C[C@H](OC)C2)ccn1. The number of ether oxygens (including phenoxy) is 2. The fraction of sp³-hybridized carbons (Fsp3) is 0.538. The van der Waals surface area contributed by atoms with E-state index in [1.54, 1.807) is 25.4 Å². The molecule has 4 heteroatoms. The molecule has 0 unspecified atom stereocenters. The summed E-state index contributed by atoms with van der Waals surface area (Å²) in [5.41, 5.74) is 0.479. The summed E-state index contributed by atoms with van der Waals surface area (Å²) in [4.78, 5) is 15.5. The highest BCUT2D eigenvalue weighted by Gasteiger charge is 2.30. The topological polar surface area (TPSA) is 48.4 Å². The van der Waals surface area contributed by atoms with Crippen molar-refractivity contribution in [2.75, 3.05) is 7.11 Å². The lowest BCUT2D eigenvalue weighted by Gasteiger charge is -2.34. The second kappa shape index (κ2) is 5.27. The number of ketones is 1. The molecule has 1 aliphatic rings. The van der Waals surface area contributed by atoms with Gasteiger partial charge in [-0.05, 0) is 6.07 Å². The van der Waals surface area contributed by atoms with Crippen LogP contribution in [-0.2, 0) is 4.74 Å². The summed E-state index contributed by atoms with van der Waals surface area (Å²) >= 11 is 0. The van der Waals surface area contributed by atoms with Crippen molar-refractivity contribution in [3.8, 4) is 5.75 Å². The minimum absolute atomic E-state index is 0.0406. The van der Waals surface area contributed by atoms with Crippen molar-refractivity contribution in [3.63, 3.8) is 0 Å². The lowest BCUT2D eigenvalue weighted by Crippen LogP contribution is -2.38. The van der Waals surface area contributed by atoms with E-state index in [4.69, 9.17) is 9.47 Å². The molecule has 1 aromatic heterocycles. The van der Waals surface area contributed by atoms with E-state index < -0.39 is 0 Å². The first-order chi connectivity index (χ1) is 8.22. The number of carbonyl (C=O) groups is 1. The van der Waals surface area contributed by atoms with Crippen molar-refractivity contribution in [1.29, 1.82) is 0 Å². The Morgan fingerprint density at radius 3 is 2.88 bits per heavy atom. The highest BCUT2D eigenvalue weighted by atomic mass is 16.5. The van der Waals surface area contributed by atoms with Gasteiger partial charge in [-0.25, -0.2) is 0 Å². The van der Waals surface area contributed by atoms with Crippen LogP contribution in [0.2, 0.25) is 0 Å². The third kappa shape index (κ3) is 2.82. The summed E-state index contributed by atoms with van der Waals surface area (Å²) in [5.74, 6) is 0.759. The number of aromatic nitrogens is 1. The van der Waals surface area contributed by atoms with Gasteiger partial charge in [-0.2, -0.15) is 0 Å². The van der Waals surface area contributed by atoms with Crippen molar-refractivity contribution in [3.05, 3.63) is 24.0 Å². The summed E-state index contributed by atoms with van der Waals surface area (Å²) in [6, 6.07) is 3.50. The summed E-state index contributed by atoms with van der Waals surface area (Å²) < 4.78 is 10.9. The predicted molar refractivity (Wildman–Crippen MR) is 63.3 cm³/mol. The maximum absolute atomic E-state index is 11.5. The van der Waals surface area contributed by atoms with Gasteiger partial charge in [0.1, 0.15) is 17.5 Å². The monoisotopic (exact) mass is 235 g/mol. The van der Waals surface area contributed by atoms with Crippen molar-refractivity contribution in [2.45, 2.75) is 38.4 Å². The summed E-state index contributed by atoms with van der Waals surface area (Å²) in [6.45, 7) is 1.83. The number of Topliss-reactive ketones (excluding diaryl/α,β-unsaturated/α-hetero) is 1. The largest absolute Gasteiger partial charge is 0.490 e. The Morgan fingerprint density at radius 1 is 1.47 bits per heavy atom. The molecule has 1 aromatic rings. The summed E-state index contributed by atoms with van der Waals surface area (Å²) in [7, 11) is 1.71. The molecule has 0 aromatic carbocycles. The lowest BCUT2D eigenvalue weighted by molar-refractivity contribution is -0.0381. The molecule has 1 fully saturated rings. The molecule has 0 radical (unpaired) electrons. The van der Waals surface area contributed by atoms with E-state index in [-0.39, 0.29) is 11.9 Å². The Bertz CT molecular complexity index is 399. The minimum Gasteiger partial charge on any atom is -0.490 e. The van der Waals surface area contributed by atoms with Crippen LogP contribution in [0.25, 0.3) is 0 Å². The maximum Gasteiger partial charge on any atom is 0.181 e. The Labute approximate surface area is 101 Å². The first kappa shape index (κ1) is 12.0. The molecule has 92 valence electrons. The van der Waals surface area contributed by atoms with Gasteiger partial charge in [-0.15, -0.1) is 0 Å². The normalized spacial score (nSPS) is 22.9. The van der Waals surface area contributed by atoms with E-state index in [2.05, 4.69) is 4.98 Å². The third-order valence-electron chi connectivity index (χ3n) is 3.03. The van der Waals surface area contributed by atoms with Crippen molar-refractivity contribution in [1.82, 2.24) is 4.98 Å². The molecule has 1 saturated carbocycles. The average molecular weight is 235 g/mol. The molecule has 4 nitrogen and oxygen atoms in total. The zero-order valence-corrected chi connectivity index (χ0v) is 10.2. The van der Waals surface area contributed by atoms with E-state index in [1.165, 1.54) is 0 Å². The van der Waals surface area contributed by atoms with Crippen molar-refractivity contribution < 1.29 is 14.3 Å². The van der Waals surface area contributed by atoms with Gasteiger partial charge in [0.25, 0.3) is 0 Å². The fourth-order valence-electron chi connectivity index (χ4n) is 1.82. The van der Waals surface area contributed by atoms with Gasteiger partial charge >= 0.3 is 0 Å². The molecule has 0 atom stereocenters. The van der Waals surface area contributed by atoms with Crippen LogP contribution in [0.15, 0.2) is 18.3 Å². The van der Waals surface area contributed by atoms with Crippen molar-refractivity contribution >= 4 is 5.78 Å². The number of nitrogens with zero attached hydrogens (tertiary/aromatic N) is 1. The number of carbonyl (C=O) groups excluding carboxylic acids is 1. The fourth-order valence-corrected chi connectivity index (χ4v) is 1.82. The van der Waals surface area contributed by atoms with Crippen LogP contribution in [0.4, 0.5) is 0 Å². The van der Waals surface area contributed by atoms with E-state index in [9.17, 15) is 4.79 Å². The quantitative estimate of drug-likeness (QED) is 0.734. The van der Waals surface area contributed by atoms with Gasteiger partial charge in [0.05, 0.1) is 6.10 Å². The Hall–Kier alpha value is -1.42. The van der Waals surface area contributed by atoms with Gasteiger partial charge in [0.2, 0.25) is 0 Å². The molecule has 17 heavy (non-hydrogen) atoms. The molecule has 1 heterocycles. The number of hydrogen-bond acceptors (Lipinski definition) is 4. The van der Waals surface area contributed by atoms with Gasteiger partial charge in [-0.3, -0.25) is 9.78 Å². The van der Waals surface area contributed by atoms with E-state index in [0.717, 1.165) is 18.6 Å². The van der Waals surface area contributed by atoms with Crippen molar-refractivity contribution in [2.24, 2.45) is 0 Å². The second-order valence-corrected chi connectivity index (χ2v) is 4.22. The standard InChI is InChI=1S/C13H17NO3/c1-3-13(15)12-8-9(4-5-14-12)17-11-6-10(7-11)16-2/h4-5,8,10-11H,3,6-7H2,1-2H3/t10-,11-. The van der Waals surface area contributed by atoms with E-state index >= 15 is 0 Å². The molecule has 0 spiro atoms. The van der Waals surface area contributed by atoms with Crippen LogP contribution >= 0.6 is 0 Å². The average Bonchev–Trinajstić information content (AvgIpc) is 2.32. The second-order valence-electron chi connectivity index (χ2n) is 4.22. The molecule has 0 bridgehead atoms. The Kier molecular flexibility index (Phi) is 3.74. The van der Waals surface area contributed by atoms with Crippen LogP contribution < -0.4 is 4.74 Å². The molecular weight excluding hydrogens is 218 g/mol. The van der Waals surface area contributed by atoms with Gasteiger partial charge in [0, 0.05) is 38.6 Å². The number of rotatable bonds is 5. The molecule has 0 saturated heterocycles. The smallest absolute Gasteiger partial charge is 0.181 e. The van der Waals surface area contributed by atoms with E-state index in [0.29, 0.717) is 18.2 Å². The van der Waals surface area contributed by atoms with Gasteiger partial charge in [0.15, 0.2) is 5.78 Å². The number of hydrogen-bond donors (Lipinski definition) is 0. The third-order valence-corrected chi connectivity index (χ3v) is 3.03. The van der Waals surface area contributed by atoms with Gasteiger partial charge in [-0.1, -0.05) is 6.92 Å². The zero-order chi connectivity index (χ0) is 12.3. The minimum atomic E-state index is 0.0406. The molecular formula is C13H17NO3. The van der Waals surface area contributed by atoms with Crippen LogP contribution in [-0.4, -0.2) is 30.1 Å². The maximum atomic E-state index is 11.5. The first-order valence-corrected chi connectivity index (χ1v) is 5.91. The lowest BCUT2D eigenvalue weighted by atomic mass is 9.92. The van der Waals surface area contributed by atoms with Crippen LogP contribution in [0.1, 0.15) is 36.7 Å². The van der Waals surface area contributed by atoms with Crippen LogP contribution in [0.5, 0.6) is 5.75 Å². The Morgan fingerprint density at radius 2 is 2.24 bits per heavy atom. The first-order valence-electron chi connectivity index (χ1n) is 5.91. The number of pyridine rings is 1. The van der Waals surface area contributed by atoms with Crippen LogP contribution in [0, 0.1) is 0 Å². The molecule has 0 amide bonds. The zero-order valence-electron chi connectivity index (χ0n) is 10.2. The molecule has 0 aliphatic heterocycles. The molecule has 0 N–H and O–H groups in total. The predicted octanol–water partition coefficient (Wildman–Crippen LogP) is 2.23. The Balaban J connectivity index is 1.95. The van der Waals surface area contributed by atoms with E-state index in [1.807, 2.05) is 6.92 Å². The highest BCUT2D eigenvalue weighted by Crippen LogP contribution is 2.27. The highest BCUT2D eigenvalue weighted by molar-refractivity contribution is 5.94. The summed E-state index contributed by atoms with van der Waals surface area (Å²) in [6.07, 6.45) is 4.42. The van der Waals surface area contributed by atoms with Crippen LogP contribution in [0.3, 0.4) is 0 Å². The summed E-state index contributed by atoms with van der Waals surface area (Å²) in [5, 5.41) is 0. The molecule has 1 aliphatic carbocycles. The number of methoxy groups -OCH3 is 1.